The molecule has 17 heavy (non-hydrogen) atoms. The van der Waals surface area contributed by atoms with Crippen LogP contribution in [0.2, 0.25) is 0 Å². The molecule has 1 heterocycles. The van der Waals surface area contributed by atoms with Gasteiger partial charge in [0.1, 0.15) is 12.7 Å². The number of aromatic carboxylic acids is 1. The van der Waals surface area contributed by atoms with Crippen molar-refractivity contribution in [3.05, 3.63) is 34.9 Å². The Hall–Kier alpha value is -1.88. The van der Waals surface area contributed by atoms with E-state index >= 15 is 0 Å². The monoisotopic (exact) mass is 236 g/mol. The van der Waals surface area contributed by atoms with Crippen molar-refractivity contribution in [2.45, 2.75) is 13.0 Å². The van der Waals surface area contributed by atoms with Crippen molar-refractivity contribution in [2.24, 2.45) is 0 Å². The fraction of sp³-hybridized carbons (Fsp3) is 0.333. The number of carbonyl (C=O) groups is 2. The maximum absolute atomic E-state index is 11.8. The highest BCUT2D eigenvalue weighted by molar-refractivity contribution is 6.03. The Balaban J connectivity index is 2.22. The molecule has 0 amide bonds. The number of rotatable bonds is 4. The lowest BCUT2D eigenvalue weighted by molar-refractivity contribution is 0.0466. The first-order valence-corrected chi connectivity index (χ1v) is 5.21. The van der Waals surface area contributed by atoms with Gasteiger partial charge < -0.3 is 14.6 Å². The van der Waals surface area contributed by atoms with Crippen molar-refractivity contribution in [3.63, 3.8) is 0 Å². The number of hydrogen-bond acceptors (Lipinski definition) is 4. The van der Waals surface area contributed by atoms with Crippen LogP contribution in [0.4, 0.5) is 0 Å². The molecule has 0 saturated carbocycles. The molecular weight excluding hydrogens is 224 g/mol. The summed E-state index contributed by atoms with van der Waals surface area (Å²) < 4.78 is 9.91. The summed E-state index contributed by atoms with van der Waals surface area (Å²) in [5.41, 5.74) is 0.666. The van der Waals surface area contributed by atoms with E-state index in [1.165, 1.54) is 6.07 Å². The molecule has 5 heteroatoms. The summed E-state index contributed by atoms with van der Waals surface area (Å²) in [5, 5.41) is 9.00. The molecular formula is C12H12O5. The topological polar surface area (TPSA) is 76.1 Å². The van der Waals surface area contributed by atoms with E-state index < -0.39 is 11.9 Å². The van der Waals surface area contributed by atoms with Crippen molar-refractivity contribution in [1.29, 1.82) is 0 Å². The number of benzene rings is 1. The van der Waals surface area contributed by atoms with E-state index in [1.807, 2.05) is 0 Å². The number of epoxide rings is 1. The second-order valence-corrected chi connectivity index (χ2v) is 3.86. The predicted molar refractivity (Wildman–Crippen MR) is 58.2 cm³/mol. The summed E-state index contributed by atoms with van der Waals surface area (Å²) in [5.74, 6) is -1.75. The van der Waals surface area contributed by atoms with Crippen molar-refractivity contribution >= 4 is 11.9 Å². The zero-order chi connectivity index (χ0) is 12.4. The lowest BCUT2D eigenvalue weighted by atomic mass is 10.0. The normalized spacial score (nSPS) is 17.6. The summed E-state index contributed by atoms with van der Waals surface area (Å²) in [6.45, 7) is 2.44. The number of carbonyl (C=O) groups excluding carboxylic acids is 1. The van der Waals surface area contributed by atoms with Gasteiger partial charge in [-0.2, -0.15) is 0 Å². The number of carboxylic acid groups (broad SMARTS) is 1. The molecule has 1 N–H and O–H groups in total. The van der Waals surface area contributed by atoms with Gasteiger partial charge in [0.25, 0.3) is 0 Å². The zero-order valence-electron chi connectivity index (χ0n) is 9.30. The van der Waals surface area contributed by atoms with Crippen LogP contribution in [0.15, 0.2) is 18.2 Å². The fourth-order valence-electron chi connectivity index (χ4n) is 1.52. The molecule has 5 nitrogen and oxygen atoms in total. The maximum atomic E-state index is 11.8. The summed E-state index contributed by atoms with van der Waals surface area (Å²) >= 11 is 0. The molecule has 90 valence electrons. The van der Waals surface area contributed by atoms with Crippen LogP contribution >= 0.6 is 0 Å². The average Bonchev–Trinajstić information content (AvgIpc) is 3.09. The Kier molecular flexibility index (Phi) is 3.10. The molecule has 0 aliphatic carbocycles. The third-order valence-corrected chi connectivity index (χ3v) is 2.51. The van der Waals surface area contributed by atoms with Crippen LogP contribution in [0.3, 0.4) is 0 Å². The van der Waals surface area contributed by atoms with E-state index in [0.717, 1.165) is 0 Å². The van der Waals surface area contributed by atoms with E-state index in [0.29, 0.717) is 12.2 Å². The largest absolute Gasteiger partial charge is 0.478 e. The van der Waals surface area contributed by atoms with E-state index in [9.17, 15) is 9.59 Å². The molecule has 0 spiro atoms. The van der Waals surface area contributed by atoms with Crippen LogP contribution in [-0.4, -0.2) is 36.4 Å². The first-order valence-electron chi connectivity index (χ1n) is 5.21. The number of ether oxygens (including phenoxy) is 2. The van der Waals surface area contributed by atoms with Crippen LogP contribution in [0, 0.1) is 6.92 Å². The Bertz CT molecular complexity index is 462. The van der Waals surface area contributed by atoms with Gasteiger partial charge >= 0.3 is 11.9 Å². The Morgan fingerprint density at radius 2 is 2.24 bits per heavy atom. The van der Waals surface area contributed by atoms with E-state index in [2.05, 4.69) is 0 Å². The maximum Gasteiger partial charge on any atom is 0.339 e. The molecule has 1 atom stereocenters. The average molecular weight is 236 g/mol. The van der Waals surface area contributed by atoms with Crippen molar-refractivity contribution < 1.29 is 24.2 Å². The molecule has 1 fully saturated rings. The first kappa shape index (κ1) is 11.6. The second kappa shape index (κ2) is 4.55. The molecule has 0 radical (unpaired) electrons. The second-order valence-electron chi connectivity index (χ2n) is 3.86. The van der Waals surface area contributed by atoms with Crippen molar-refractivity contribution in [2.75, 3.05) is 13.2 Å². The SMILES string of the molecule is Cc1cccc(C(=O)O)c1C(=O)OCC1CO1. The lowest BCUT2D eigenvalue weighted by Crippen LogP contribution is -2.15. The Labute approximate surface area is 98.0 Å². The molecule has 1 aliphatic heterocycles. The summed E-state index contributed by atoms with van der Waals surface area (Å²) in [7, 11) is 0. The van der Waals surface area contributed by atoms with Gasteiger partial charge in [-0.05, 0) is 18.6 Å². The molecule has 0 aromatic heterocycles. The van der Waals surface area contributed by atoms with Gasteiger partial charge in [-0.1, -0.05) is 12.1 Å². The highest BCUT2D eigenvalue weighted by Gasteiger charge is 2.26. The first-order chi connectivity index (χ1) is 8.09. The quantitative estimate of drug-likeness (QED) is 0.629. The number of esters is 1. The minimum Gasteiger partial charge on any atom is -0.478 e. The van der Waals surface area contributed by atoms with Crippen molar-refractivity contribution in [1.82, 2.24) is 0 Å². The van der Waals surface area contributed by atoms with Crippen LogP contribution in [-0.2, 0) is 9.47 Å². The standard InChI is InChI=1S/C12H12O5/c1-7-3-2-4-9(11(13)14)10(7)12(15)17-6-8-5-16-8/h2-4,8H,5-6H2,1H3,(H,13,14). The molecule has 1 aromatic carbocycles. The molecule has 1 aromatic rings. The van der Waals surface area contributed by atoms with Gasteiger partial charge in [-0.15, -0.1) is 0 Å². The minimum absolute atomic E-state index is 0.0313. The van der Waals surface area contributed by atoms with Gasteiger partial charge in [0.05, 0.1) is 17.7 Å². The molecule has 0 bridgehead atoms. The highest BCUT2D eigenvalue weighted by Crippen LogP contribution is 2.17. The van der Waals surface area contributed by atoms with Crippen LogP contribution in [0.5, 0.6) is 0 Å². The van der Waals surface area contributed by atoms with Gasteiger partial charge in [-0.25, -0.2) is 9.59 Å². The van der Waals surface area contributed by atoms with E-state index in [4.69, 9.17) is 14.6 Å². The Morgan fingerprint density at radius 1 is 1.53 bits per heavy atom. The summed E-state index contributed by atoms with van der Waals surface area (Å²) in [6, 6.07) is 4.66. The highest BCUT2D eigenvalue weighted by atomic mass is 16.6. The van der Waals surface area contributed by atoms with Crippen LogP contribution < -0.4 is 0 Å². The minimum atomic E-state index is -1.14. The van der Waals surface area contributed by atoms with Crippen molar-refractivity contribution in [3.8, 4) is 0 Å². The van der Waals surface area contributed by atoms with Crippen LogP contribution in [0.25, 0.3) is 0 Å². The van der Waals surface area contributed by atoms with Gasteiger partial charge in [0.2, 0.25) is 0 Å². The molecule has 1 saturated heterocycles. The lowest BCUT2D eigenvalue weighted by Gasteiger charge is -2.08. The van der Waals surface area contributed by atoms with E-state index in [-0.39, 0.29) is 23.8 Å². The Morgan fingerprint density at radius 3 is 2.82 bits per heavy atom. The molecule has 2 rings (SSSR count). The zero-order valence-corrected chi connectivity index (χ0v) is 9.30. The number of aryl methyl sites for hydroxylation is 1. The van der Waals surface area contributed by atoms with Gasteiger partial charge in [0.15, 0.2) is 0 Å². The van der Waals surface area contributed by atoms with Gasteiger partial charge in [-0.3, -0.25) is 0 Å². The third-order valence-electron chi connectivity index (χ3n) is 2.51. The summed E-state index contributed by atoms with van der Waals surface area (Å²) in [4.78, 5) is 22.8. The van der Waals surface area contributed by atoms with Gasteiger partial charge in [0, 0.05) is 0 Å². The predicted octanol–water partition coefficient (Wildman–Crippen LogP) is 1.25. The molecule has 1 aliphatic rings. The number of carboxylic acids is 1. The summed E-state index contributed by atoms with van der Waals surface area (Å²) in [6.07, 6.45) is -0.0313. The smallest absolute Gasteiger partial charge is 0.339 e. The van der Waals surface area contributed by atoms with Crippen LogP contribution in [0.1, 0.15) is 26.3 Å². The number of hydrogen-bond donors (Lipinski definition) is 1. The van der Waals surface area contributed by atoms with E-state index in [1.54, 1.807) is 19.1 Å². The third kappa shape index (κ3) is 2.62. The fourth-order valence-corrected chi connectivity index (χ4v) is 1.52. The molecule has 1 unspecified atom stereocenters.